The molecular formula is C13H11Cl2N3O4. The van der Waals surface area contributed by atoms with E-state index >= 15 is 0 Å². The Kier molecular flexibility index (Phi) is 5.37. The van der Waals surface area contributed by atoms with E-state index in [4.69, 9.17) is 32.9 Å². The Hall–Kier alpha value is -2.09. The Bertz CT molecular complexity index is 702. The fourth-order valence-corrected chi connectivity index (χ4v) is 1.93. The number of hydrogen-bond donors (Lipinski definition) is 3. The Morgan fingerprint density at radius 2 is 1.95 bits per heavy atom. The zero-order valence-corrected chi connectivity index (χ0v) is 12.6. The highest BCUT2D eigenvalue weighted by Gasteiger charge is 2.12. The molecule has 9 heteroatoms. The van der Waals surface area contributed by atoms with E-state index in [2.05, 4.69) is 10.5 Å². The van der Waals surface area contributed by atoms with Crippen LogP contribution in [-0.2, 0) is 6.42 Å². The molecule has 2 aromatic rings. The number of nitrogens with zero attached hydrogens (tertiary/aromatic N) is 1. The standard InChI is InChI=1S/C13H11Cl2N3O4/c14-9-2-1-7(5-10(9)15)12(19)16-4-3-8-6-11(18-22-8)13(20)17-21/h1-2,5-6,21H,3-4H2,(H,16,19)(H,17,20). The van der Waals surface area contributed by atoms with E-state index in [1.165, 1.54) is 23.7 Å². The van der Waals surface area contributed by atoms with Crippen molar-refractivity contribution in [1.82, 2.24) is 16.0 Å². The summed E-state index contributed by atoms with van der Waals surface area (Å²) in [6, 6.07) is 5.94. The van der Waals surface area contributed by atoms with Gasteiger partial charge in [0, 0.05) is 24.6 Å². The van der Waals surface area contributed by atoms with Gasteiger partial charge >= 0.3 is 0 Å². The van der Waals surface area contributed by atoms with Crippen LogP contribution in [0.4, 0.5) is 0 Å². The van der Waals surface area contributed by atoms with Crippen LogP contribution >= 0.6 is 23.2 Å². The van der Waals surface area contributed by atoms with Gasteiger partial charge in [-0.05, 0) is 18.2 Å². The molecule has 3 N–H and O–H groups in total. The summed E-state index contributed by atoms with van der Waals surface area (Å²) in [6.45, 7) is 0.272. The van der Waals surface area contributed by atoms with Crippen LogP contribution < -0.4 is 10.8 Å². The predicted molar refractivity (Wildman–Crippen MR) is 78.3 cm³/mol. The van der Waals surface area contributed by atoms with Gasteiger partial charge in [-0.1, -0.05) is 28.4 Å². The van der Waals surface area contributed by atoms with Gasteiger partial charge in [0.1, 0.15) is 5.76 Å². The molecule has 0 radical (unpaired) electrons. The lowest BCUT2D eigenvalue weighted by Gasteiger charge is -2.04. The van der Waals surface area contributed by atoms with E-state index in [-0.39, 0.29) is 18.1 Å². The quantitative estimate of drug-likeness (QED) is 0.569. The molecule has 2 rings (SSSR count). The SMILES string of the molecule is O=C(NCCc1cc(C(=O)NO)no1)c1ccc(Cl)c(Cl)c1. The second-order valence-electron chi connectivity index (χ2n) is 4.25. The maximum atomic E-state index is 11.9. The third kappa shape index (κ3) is 3.97. The number of hydroxylamine groups is 1. The van der Waals surface area contributed by atoms with Crippen molar-refractivity contribution in [2.24, 2.45) is 0 Å². The topological polar surface area (TPSA) is 104 Å². The fraction of sp³-hybridized carbons (Fsp3) is 0.154. The van der Waals surface area contributed by atoms with Crippen LogP contribution in [0.5, 0.6) is 0 Å². The Balaban J connectivity index is 1.87. The summed E-state index contributed by atoms with van der Waals surface area (Å²) >= 11 is 11.6. The first-order chi connectivity index (χ1) is 10.5. The molecule has 1 heterocycles. The predicted octanol–water partition coefficient (Wildman–Crippen LogP) is 2.07. The van der Waals surface area contributed by atoms with E-state index in [9.17, 15) is 9.59 Å². The molecule has 7 nitrogen and oxygen atoms in total. The van der Waals surface area contributed by atoms with Gasteiger partial charge in [0.15, 0.2) is 5.69 Å². The average Bonchev–Trinajstić information content (AvgIpc) is 2.98. The molecule has 2 amide bonds. The second kappa shape index (κ2) is 7.26. The number of aromatic nitrogens is 1. The van der Waals surface area contributed by atoms with E-state index in [1.54, 1.807) is 6.07 Å². The molecule has 0 aliphatic heterocycles. The van der Waals surface area contributed by atoms with Crippen LogP contribution in [0.25, 0.3) is 0 Å². The molecule has 0 atom stereocenters. The molecule has 22 heavy (non-hydrogen) atoms. The summed E-state index contributed by atoms with van der Waals surface area (Å²) in [5.41, 5.74) is 1.78. The lowest BCUT2D eigenvalue weighted by molar-refractivity contribution is 0.0696. The first-order valence-electron chi connectivity index (χ1n) is 6.14. The first kappa shape index (κ1) is 16.3. The summed E-state index contributed by atoms with van der Waals surface area (Å²) in [6.07, 6.45) is 0.332. The van der Waals surface area contributed by atoms with Crippen LogP contribution in [0.1, 0.15) is 26.6 Å². The molecule has 0 spiro atoms. The zero-order valence-electron chi connectivity index (χ0n) is 11.1. The maximum absolute atomic E-state index is 11.9. The second-order valence-corrected chi connectivity index (χ2v) is 5.07. The number of nitrogens with one attached hydrogen (secondary N) is 2. The summed E-state index contributed by atoms with van der Waals surface area (Å²) in [4.78, 5) is 23.0. The summed E-state index contributed by atoms with van der Waals surface area (Å²) < 4.78 is 4.90. The van der Waals surface area contributed by atoms with Crippen molar-refractivity contribution in [1.29, 1.82) is 0 Å². The number of hydrogen-bond acceptors (Lipinski definition) is 5. The molecule has 0 fully saturated rings. The normalized spacial score (nSPS) is 10.3. The summed E-state index contributed by atoms with van der Waals surface area (Å²) in [7, 11) is 0. The van der Waals surface area contributed by atoms with Crippen molar-refractivity contribution in [2.45, 2.75) is 6.42 Å². The number of carbonyl (C=O) groups is 2. The minimum absolute atomic E-state index is 0.0479. The largest absolute Gasteiger partial charge is 0.361 e. The van der Waals surface area contributed by atoms with Gasteiger partial charge in [0.25, 0.3) is 11.8 Å². The van der Waals surface area contributed by atoms with Crippen molar-refractivity contribution >= 4 is 35.0 Å². The average molecular weight is 344 g/mol. The van der Waals surface area contributed by atoms with Gasteiger partial charge in [-0.3, -0.25) is 14.8 Å². The van der Waals surface area contributed by atoms with Crippen LogP contribution in [0.2, 0.25) is 10.0 Å². The van der Waals surface area contributed by atoms with Gasteiger partial charge in [-0.25, -0.2) is 5.48 Å². The number of amides is 2. The van der Waals surface area contributed by atoms with Gasteiger partial charge in [0.2, 0.25) is 0 Å². The molecule has 0 saturated carbocycles. The van der Waals surface area contributed by atoms with Crippen molar-refractivity contribution in [3.63, 3.8) is 0 Å². The number of rotatable bonds is 5. The highest BCUT2D eigenvalue weighted by Crippen LogP contribution is 2.22. The highest BCUT2D eigenvalue weighted by molar-refractivity contribution is 6.42. The Morgan fingerprint density at radius 3 is 2.64 bits per heavy atom. The maximum Gasteiger partial charge on any atom is 0.296 e. The molecule has 1 aromatic heterocycles. The van der Waals surface area contributed by atoms with Crippen LogP contribution in [-0.4, -0.2) is 28.7 Å². The monoisotopic (exact) mass is 343 g/mol. The molecular weight excluding hydrogens is 333 g/mol. The number of benzene rings is 1. The Morgan fingerprint density at radius 1 is 1.18 bits per heavy atom. The first-order valence-corrected chi connectivity index (χ1v) is 6.90. The molecule has 0 bridgehead atoms. The van der Waals surface area contributed by atoms with Crippen molar-refractivity contribution in [2.75, 3.05) is 6.54 Å². The molecule has 0 saturated heterocycles. The number of halogens is 2. The lowest BCUT2D eigenvalue weighted by atomic mass is 10.2. The van der Waals surface area contributed by atoms with Crippen molar-refractivity contribution in [3.05, 3.63) is 51.3 Å². The fourth-order valence-electron chi connectivity index (χ4n) is 1.63. The third-order valence-corrected chi connectivity index (χ3v) is 3.47. The summed E-state index contributed by atoms with van der Waals surface area (Å²) in [5.74, 6) is -0.686. The minimum atomic E-state index is -0.769. The number of carbonyl (C=O) groups excluding carboxylic acids is 2. The molecule has 0 aliphatic rings. The van der Waals surface area contributed by atoms with Crippen LogP contribution in [0, 0.1) is 0 Å². The third-order valence-electron chi connectivity index (χ3n) is 2.73. The van der Waals surface area contributed by atoms with Crippen LogP contribution in [0.15, 0.2) is 28.8 Å². The van der Waals surface area contributed by atoms with E-state index in [1.807, 2.05) is 0 Å². The van der Waals surface area contributed by atoms with E-state index in [0.29, 0.717) is 27.8 Å². The van der Waals surface area contributed by atoms with Gasteiger partial charge in [-0.15, -0.1) is 0 Å². The van der Waals surface area contributed by atoms with Crippen molar-refractivity contribution < 1.29 is 19.3 Å². The summed E-state index contributed by atoms with van der Waals surface area (Å²) in [5, 5.41) is 15.3. The lowest BCUT2D eigenvalue weighted by Crippen LogP contribution is -2.25. The van der Waals surface area contributed by atoms with Crippen LogP contribution in [0.3, 0.4) is 0 Å². The van der Waals surface area contributed by atoms with E-state index in [0.717, 1.165) is 0 Å². The Labute approximate surface area is 135 Å². The smallest absolute Gasteiger partial charge is 0.296 e. The van der Waals surface area contributed by atoms with E-state index < -0.39 is 5.91 Å². The highest BCUT2D eigenvalue weighted by atomic mass is 35.5. The van der Waals surface area contributed by atoms with Crippen molar-refractivity contribution in [3.8, 4) is 0 Å². The van der Waals surface area contributed by atoms with Gasteiger partial charge < -0.3 is 9.84 Å². The molecule has 1 aromatic carbocycles. The zero-order chi connectivity index (χ0) is 16.1. The van der Waals surface area contributed by atoms with Gasteiger partial charge in [0.05, 0.1) is 10.0 Å². The molecule has 0 aliphatic carbocycles. The minimum Gasteiger partial charge on any atom is -0.361 e. The molecule has 116 valence electrons. The van der Waals surface area contributed by atoms with Gasteiger partial charge in [-0.2, -0.15) is 0 Å². The molecule has 0 unspecified atom stereocenters.